The van der Waals surface area contributed by atoms with E-state index in [2.05, 4.69) is 32.0 Å². The van der Waals surface area contributed by atoms with E-state index < -0.39 is 0 Å². The fraction of sp³-hybridized carbons (Fsp3) is 0.773. The van der Waals surface area contributed by atoms with Crippen LogP contribution in [-0.2, 0) is 9.53 Å². The topological polar surface area (TPSA) is 70.6 Å². The van der Waals surface area contributed by atoms with Crippen LogP contribution in [0, 0.1) is 11.8 Å². The molecule has 0 atom stereocenters. The minimum absolute atomic E-state index is 0.339. The Kier molecular flexibility index (Phi) is 8.52. The normalized spacial score (nSPS) is 18.8. The molecule has 2 aliphatic rings. The van der Waals surface area contributed by atoms with Gasteiger partial charge in [0.15, 0.2) is 0 Å². The van der Waals surface area contributed by atoms with E-state index in [1.807, 2.05) is 6.07 Å². The summed E-state index contributed by atoms with van der Waals surface area (Å²) in [7, 11) is 1.76. The molecule has 1 amide bonds. The molecule has 3 heterocycles. The zero-order chi connectivity index (χ0) is 20.5. The van der Waals surface area contributed by atoms with Crippen LogP contribution in [0.5, 0.6) is 0 Å². The monoisotopic (exact) mass is 403 g/mol. The number of anilines is 2. The molecular formula is C22H37N5O2. The number of carbonyl (C=O) groups excluding carboxylic acids is 1. The summed E-state index contributed by atoms with van der Waals surface area (Å²) < 4.78 is 5.25. The zero-order valence-electron chi connectivity index (χ0n) is 18.1. The van der Waals surface area contributed by atoms with E-state index in [-0.39, 0.29) is 0 Å². The molecule has 3 rings (SSSR count). The summed E-state index contributed by atoms with van der Waals surface area (Å²) in [5.74, 6) is 3.50. The molecule has 2 aliphatic heterocycles. The molecule has 7 nitrogen and oxygen atoms in total. The summed E-state index contributed by atoms with van der Waals surface area (Å²) in [6, 6.07) is 2.05. The summed E-state index contributed by atoms with van der Waals surface area (Å²) in [4.78, 5) is 25.7. The van der Waals surface area contributed by atoms with Crippen LogP contribution >= 0.6 is 0 Å². The van der Waals surface area contributed by atoms with Crippen molar-refractivity contribution in [2.45, 2.75) is 51.9 Å². The first-order chi connectivity index (χ1) is 14.2. The lowest BCUT2D eigenvalue weighted by Crippen LogP contribution is -2.40. The third-order valence-corrected chi connectivity index (χ3v) is 6.28. The Balaban J connectivity index is 1.37. The van der Waals surface area contributed by atoms with Crippen molar-refractivity contribution in [2.24, 2.45) is 11.8 Å². The van der Waals surface area contributed by atoms with E-state index in [0.717, 1.165) is 89.5 Å². The summed E-state index contributed by atoms with van der Waals surface area (Å²) in [6.07, 6.45) is 8.84. The lowest BCUT2D eigenvalue weighted by Gasteiger charge is -2.34. The molecule has 0 saturated carbocycles. The summed E-state index contributed by atoms with van der Waals surface area (Å²) in [5, 5.41) is 3.33. The molecule has 0 bridgehead atoms. The molecule has 1 aromatic heterocycles. The van der Waals surface area contributed by atoms with Crippen LogP contribution in [0.25, 0.3) is 0 Å². The van der Waals surface area contributed by atoms with Crippen molar-refractivity contribution < 1.29 is 9.53 Å². The van der Waals surface area contributed by atoms with Gasteiger partial charge in [-0.25, -0.2) is 9.97 Å². The van der Waals surface area contributed by atoms with Crippen LogP contribution in [-0.4, -0.2) is 67.2 Å². The molecule has 2 fully saturated rings. The minimum Gasteiger partial charge on any atom is -0.384 e. The lowest BCUT2D eigenvalue weighted by atomic mass is 9.91. The van der Waals surface area contributed by atoms with Gasteiger partial charge in [0.2, 0.25) is 5.91 Å². The zero-order valence-corrected chi connectivity index (χ0v) is 18.1. The van der Waals surface area contributed by atoms with Crippen LogP contribution in [0.4, 0.5) is 11.6 Å². The van der Waals surface area contributed by atoms with Crippen LogP contribution < -0.4 is 10.2 Å². The van der Waals surface area contributed by atoms with Crippen molar-refractivity contribution in [1.82, 2.24) is 14.9 Å². The van der Waals surface area contributed by atoms with Gasteiger partial charge >= 0.3 is 0 Å². The quantitative estimate of drug-likeness (QED) is 0.683. The number of nitrogens with one attached hydrogen (secondary N) is 1. The second kappa shape index (κ2) is 11.3. The Morgan fingerprint density at radius 3 is 2.55 bits per heavy atom. The number of ether oxygens (including phenoxy) is 1. The standard InChI is InChI=1S/C22H37N5O2/c1-3-10-23-20-15-21(25-17-24-20)26-11-6-18(7-12-26)4-5-22(28)27-13-8-19(9-14-27)16-29-2/h15,17-19H,3-14,16H2,1-2H3,(H,23,24,25). The van der Waals surface area contributed by atoms with Gasteiger partial charge < -0.3 is 19.9 Å². The summed E-state index contributed by atoms with van der Waals surface area (Å²) >= 11 is 0. The molecule has 2 saturated heterocycles. The number of likely N-dealkylation sites (tertiary alicyclic amines) is 1. The summed E-state index contributed by atoms with van der Waals surface area (Å²) in [5.41, 5.74) is 0. The van der Waals surface area contributed by atoms with E-state index in [4.69, 9.17) is 4.74 Å². The summed E-state index contributed by atoms with van der Waals surface area (Å²) in [6.45, 7) is 7.70. The average molecular weight is 404 g/mol. The smallest absolute Gasteiger partial charge is 0.222 e. The maximum atomic E-state index is 12.6. The van der Waals surface area contributed by atoms with Crippen LogP contribution in [0.1, 0.15) is 51.9 Å². The minimum atomic E-state index is 0.339. The molecule has 0 spiro atoms. The van der Waals surface area contributed by atoms with Crippen LogP contribution in [0.2, 0.25) is 0 Å². The number of carbonyl (C=O) groups is 1. The second-order valence-corrected chi connectivity index (χ2v) is 8.44. The van der Waals surface area contributed by atoms with Gasteiger partial charge in [-0.1, -0.05) is 6.92 Å². The Labute approximate surface area is 175 Å². The molecule has 1 aromatic rings. The highest BCUT2D eigenvalue weighted by atomic mass is 16.5. The number of piperidine rings is 2. The largest absolute Gasteiger partial charge is 0.384 e. The highest BCUT2D eigenvalue weighted by Gasteiger charge is 2.25. The number of aromatic nitrogens is 2. The Morgan fingerprint density at radius 1 is 1.14 bits per heavy atom. The van der Waals surface area contributed by atoms with Gasteiger partial charge in [-0.15, -0.1) is 0 Å². The first-order valence-corrected chi connectivity index (χ1v) is 11.3. The van der Waals surface area contributed by atoms with E-state index in [9.17, 15) is 4.79 Å². The number of hydrogen-bond donors (Lipinski definition) is 1. The fourth-order valence-corrected chi connectivity index (χ4v) is 4.39. The average Bonchev–Trinajstić information content (AvgIpc) is 2.77. The van der Waals surface area contributed by atoms with E-state index in [1.54, 1.807) is 13.4 Å². The maximum Gasteiger partial charge on any atom is 0.222 e. The third kappa shape index (κ3) is 6.56. The van der Waals surface area contributed by atoms with Gasteiger partial charge in [0, 0.05) is 58.9 Å². The molecule has 0 aromatic carbocycles. The number of nitrogens with zero attached hydrogens (tertiary/aromatic N) is 4. The third-order valence-electron chi connectivity index (χ3n) is 6.28. The first kappa shape index (κ1) is 21.8. The Morgan fingerprint density at radius 2 is 1.86 bits per heavy atom. The molecule has 0 unspecified atom stereocenters. The van der Waals surface area contributed by atoms with Crippen molar-refractivity contribution >= 4 is 17.5 Å². The van der Waals surface area contributed by atoms with Crippen molar-refractivity contribution in [3.05, 3.63) is 12.4 Å². The Bertz CT molecular complexity index is 625. The number of rotatable bonds is 9. The molecular weight excluding hydrogens is 366 g/mol. The van der Waals surface area contributed by atoms with Gasteiger partial charge in [0.05, 0.1) is 0 Å². The lowest BCUT2D eigenvalue weighted by molar-refractivity contribution is -0.133. The molecule has 162 valence electrons. The van der Waals surface area contributed by atoms with Crippen molar-refractivity contribution in [1.29, 1.82) is 0 Å². The predicted octanol–water partition coefficient (Wildman–Crippen LogP) is 3.18. The SMILES string of the molecule is CCCNc1cc(N2CCC(CCC(=O)N3CCC(COC)CC3)CC2)ncn1. The van der Waals surface area contributed by atoms with Gasteiger partial charge in [-0.05, 0) is 50.4 Å². The van der Waals surface area contributed by atoms with Crippen molar-refractivity contribution in [2.75, 3.05) is 56.7 Å². The fourth-order valence-electron chi connectivity index (χ4n) is 4.39. The Hall–Kier alpha value is -1.89. The van der Waals surface area contributed by atoms with Crippen molar-refractivity contribution in [3.63, 3.8) is 0 Å². The molecule has 29 heavy (non-hydrogen) atoms. The first-order valence-electron chi connectivity index (χ1n) is 11.3. The van der Waals surface area contributed by atoms with Gasteiger partial charge in [0.1, 0.15) is 18.0 Å². The number of amides is 1. The molecule has 1 N–H and O–H groups in total. The molecule has 0 aliphatic carbocycles. The van der Waals surface area contributed by atoms with Crippen molar-refractivity contribution in [3.8, 4) is 0 Å². The van der Waals surface area contributed by atoms with Crippen LogP contribution in [0.3, 0.4) is 0 Å². The second-order valence-electron chi connectivity index (χ2n) is 8.44. The number of methoxy groups -OCH3 is 1. The number of hydrogen-bond acceptors (Lipinski definition) is 6. The van der Waals surface area contributed by atoms with Crippen LogP contribution in [0.15, 0.2) is 12.4 Å². The van der Waals surface area contributed by atoms with Gasteiger partial charge in [0.25, 0.3) is 0 Å². The van der Waals surface area contributed by atoms with E-state index >= 15 is 0 Å². The highest BCUT2D eigenvalue weighted by molar-refractivity contribution is 5.76. The maximum absolute atomic E-state index is 12.6. The molecule has 0 radical (unpaired) electrons. The predicted molar refractivity (Wildman–Crippen MR) is 116 cm³/mol. The van der Waals surface area contributed by atoms with E-state index in [0.29, 0.717) is 24.2 Å². The highest BCUT2D eigenvalue weighted by Crippen LogP contribution is 2.26. The van der Waals surface area contributed by atoms with Gasteiger partial charge in [-0.3, -0.25) is 4.79 Å². The van der Waals surface area contributed by atoms with E-state index in [1.165, 1.54) is 0 Å². The molecule has 7 heteroatoms. The van der Waals surface area contributed by atoms with Gasteiger partial charge in [-0.2, -0.15) is 0 Å².